The Morgan fingerprint density at radius 1 is 1.29 bits per heavy atom. The van der Waals surface area contributed by atoms with Gasteiger partial charge in [-0.3, -0.25) is 4.79 Å². The predicted molar refractivity (Wildman–Crippen MR) is 78.7 cm³/mol. The molecule has 2 aromatic rings. The number of nitrogens with zero attached hydrogens (tertiary/aromatic N) is 3. The first-order chi connectivity index (χ1) is 10.0. The highest BCUT2D eigenvalue weighted by molar-refractivity contribution is 5.91. The van der Waals surface area contributed by atoms with Gasteiger partial charge in [0.15, 0.2) is 11.5 Å². The van der Waals surface area contributed by atoms with Crippen LogP contribution in [0.25, 0.3) is 0 Å². The van der Waals surface area contributed by atoms with E-state index in [1.165, 1.54) is 13.1 Å². The fourth-order valence-electron chi connectivity index (χ4n) is 1.87. The molecule has 5 nitrogen and oxygen atoms in total. The quantitative estimate of drug-likeness (QED) is 0.934. The van der Waals surface area contributed by atoms with E-state index in [9.17, 15) is 9.18 Å². The van der Waals surface area contributed by atoms with E-state index in [4.69, 9.17) is 0 Å². The summed E-state index contributed by atoms with van der Waals surface area (Å²) in [5.41, 5.74) is 1.73. The van der Waals surface area contributed by atoms with Gasteiger partial charge in [-0.15, -0.1) is 10.2 Å². The number of anilines is 1. The largest absolute Gasteiger partial charge is 0.354 e. The first-order valence-corrected chi connectivity index (χ1v) is 6.53. The molecule has 1 aromatic carbocycles. The molecule has 0 fully saturated rings. The van der Waals surface area contributed by atoms with Crippen molar-refractivity contribution in [1.82, 2.24) is 15.5 Å². The predicted octanol–water partition coefficient (Wildman–Crippen LogP) is 1.92. The molecule has 0 aliphatic carbocycles. The summed E-state index contributed by atoms with van der Waals surface area (Å²) in [4.78, 5) is 13.2. The highest BCUT2D eigenvalue weighted by Gasteiger charge is 2.09. The van der Waals surface area contributed by atoms with Crippen molar-refractivity contribution in [3.63, 3.8) is 0 Å². The van der Waals surface area contributed by atoms with Gasteiger partial charge in [0, 0.05) is 20.6 Å². The molecule has 0 radical (unpaired) electrons. The Bertz CT molecular complexity index is 643. The van der Waals surface area contributed by atoms with Crippen molar-refractivity contribution in [2.75, 3.05) is 19.0 Å². The molecular formula is C15H17FN4O. The molecule has 2 rings (SSSR count). The van der Waals surface area contributed by atoms with Gasteiger partial charge >= 0.3 is 0 Å². The van der Waals surface area contributed by atoms with Gasteiger partial charge in [-0.25, -0.2) is 4.39 Å². The van der Waals surface area contributed by atoms with Crippen molar-refractivity contribution in [1.29, 1.82) is 0 Å². The molecule has 0 aliphatic rings. The van der Waals surface area contributed by atoms with Crippen LogP contribution >= 0.6 is 0 Å². The Morgan fingerprint density at radius 3 is 2.62 bits per heavy atom. The molecule has 1 amide bonds. The normalized spacial score (nSPS) is 10.3. The van der Waals surface area contributed by atoms with Crippen LogP contribution in [0.5, 0.6) is 0 Å². The summed E-state index contributed by atoms with van der Waals surface area (Å²) in [6, 6.07) is 8.45. The average molecular weight is 288 g/mol. The highest BCUT2D eigenvalue weighted by atomic mass is 19.1. The van der Waals surface area contributed by atoms with Crippen molar-refractivity contribution < 1.29 is 9.18 Å². The summed E-state index contributed by atoms with van der Waals surface area (Å²) in [6.45, 7) is 2.23. The zero-order valence-electron chi connectivity index (χ0n) is 12.2. The number of rotatable bonds is 4. The van der Waals surface area contributed by atoms with Gasteiger partial charge in [0.1, 0.15) is 5.82 Å². The van der Waals surface area contributed by atoms with Crippen LogP contribution in [0.4, 0.5) is 10.2 Å². The number of benzene rings is 1. The van der Waals surface area contributed by atoms with Crippen LogP contribution in [0.15, 0.2) is 30.3 Å². The van der Waals surface area contributed by atoms with E-state index in [0.717, 1.165) is 5.56 Å². The lowest BCUT2D eigenvalue weighted by molar-refractivity contribution is 0.0957. The minimum atomic E-state index is -0.280. The van der Waals surface area contributed by atoms with Gasteiger partial charge < -0.3 is 10.2 Å². The van der Waals surface area contributed by atoms with Crippen LogP contribution < -0.4 is 10.2 Å². The molecule has 0 aliphatic heterocycles. The third-order valence-corrected chi connectivity index (χ3v) is 3.16. The van der Waals surface area contributed by atoms with E-state index in [1.54, 1.807) is 25.1 Å². The lowest BCUT2D eigenvalue weighted by Gasteiger charge is -2.18. The van der Waals surface area contributed by atoms with Crippen LogP contribution in [0.3, 0.4) is 0 Å². The summed E-state index contributed by atoms with van der Waals surface area (Å²) < 4.78 is 13.5. The second-order valence-electron chi connectivity index (χ2n) is 4.80. The van der Waals surface area contributed by atoms with Crippen molar-refractivity contribution in [3.8, 4) is 0 Å². The number of halogens is 1. The monoisotopic (exact) mass is 288 g/mol. The smallest absolute Gasteiger partial charge is 0.271 e. The van der Waals surface area contributed by atoms with Gasteiger partial charge in [0.25, 0.3) is 5.91 Å². The third kappa shape index (κ3) is 3.53. The van der Waals surface area contributed by atoms with Crippen LogP contribution in [-0.2, 0) is 6.54 Å². The Hall–Kier alpha value is -2.50. The van der Waals surface area contributed by atoms with Crippen LogP contribution in [0, 0.1) is 12.7 Å². The molecule has 6 heteroatoms. The number of hydrogen-bond donors (Lipinski definition) is 1. The zero-order chi connectivity index (χ0) is 15.4. The van der Waals surface area contributed by atoms with E-state index >= 15 is 0 Å². The first-order valence-electron chi connectivity index (χ1n) is 6.53. The number of hydrogen-bond acceptors (Lipinski definition) is 4. The molecular weight excluding hydrogens is 271 g/mol. The number of aromatic nitrogens is 2. The molecule has 0 bridgehead atoms. The summed E-state index contributed by atoms with van der Waals surface area (Å²) in [5, 5.41) is 10.4. The fourth-order valence-corrected chi connectivity index (χ4v) is 1.87. The molecule has 0 saturated carbocycles. The van der Waals surface area contributed by atoms with Crippen molar-refractivity contribution in [3.05, 3.63) is 53.0 Å². The number of nitrogens with one attached hydrogen (secondary N) is 1. The molecule has 1 heterocycles. The van der Waals surface area contributed by atoms with Gasteiger partial charge in [0.05, 0.1) is 0 Å². The van der Waals surface area contributed by atoms with Gasteiger partial charge in [-0.2, -0.15) is 0 Å². The third-order valence-electron chi connectivity index (χ3n) is 3.16. The average Bonchev–Trinajstić information content (AvgIpc) is 2.50. The van der Waals surface area contributed by atoms with Crippen LogP contribution in [0.2, 0.25) is 0 Å². The Kier molecular flexibility index (Phi) is 4.47. The number of amides is 1. The van der Waals surface area contributed by atoms with Crippen LogP contribution in [-0.4, -0.2) is 30.2 Å². The van der Waals surface area contributed by atoms with Gasteiger partial charge in [0.2, 0.25) is 0 Å². The van der Waals surface area contributed by atoms with Crippen molar-refractivity contribution >= 4 is 11.7 Å². The van der Waals surface area contributed by atoms with E-state index in [-0.39, 0.29) is 17.4 Å². The minimum Gasteiger partial charge on any atom is -0.354 e. The number of aryl methyl sites for hydroxylation is 1. The van der Waals surface area contributed by atoms with E-state index in [0.29, 0.717) is 17.9 Å². The fraction of sp³-hybridized carbons (Fsp3) is 0.267. The number of carbonyl (C=O) groups is 1. The lowest BCUT2D eigenvalue weighted by Crippen LogP contribution is -2.22. The van der Waals surface area contributed by atoms with Crippen LogP contribution in [0.1, 0.15) is 21.6 Å². The van der Waals surface area contributed by atoms with Gasteiger partial charge in [-0.1, -0.05) is 12.1 Å². The minimum absolute atomic E-state index is 0.220. The maximum Gasteiger partial charge on any atom is 0.271 e. The second-order valence-corrected chi connectivity index (χ2v) is 4.80. The first kappa shape index (κ1) is 14.9. The highest BCUT2D eigenvalue weighted by Crippen LogP contribution is 2.14. The van der Waals surface area contributed by atoms with E-state index < -0.39 is 0 Å². The van der Waals surface area contributed by atoms with Gasteiger partial charge in [-0.05, 0) is 36.2 Å². The summed E-state index contributed by atoms with van der Waals surface area (Å²) in [5.74, 6) is 0.114. The summed E-state index contributed by atoms with van der Waals surface area (Å²) in [7, 11) is 3.37. The molecule has 0 saturated heterocycles. The molecule has 21 heavy (non-hydrogen) atoms. The Balaban J connectivity index is 2.10. The lowest BCUT2D eigenvalue weighted by atomic mass is 10.1. The molecule has 110 valence electrons. The topological polar surface area (TPSA) is 58.1 Å². The summed E-state index contributed by atoms with van der Waals surface area (Å²) in [6.07, 6.45) is 0. The number of carbonyl (C=O) groups excluding carboxylic acids is 1. The Labute approximate surface area is 122 Å². The van der Waals surface area contributed by atoms with Crippen molar-refractivity contribution in [2.24, 2.45) is 0 Å². The maximum atomic E-state index is 13.5. The summed E-state index contributed by atoms with van der Waals surface area (Å²) >= 11 is 0. The molecule has 0 unspecified atom stereocenters. The SMILES string of the molecule is CNC(=O)c1ccc(N(C)Cc2ccc(C)c(F)c2)nn1. The van der Waals surface area contributed by atoms with E-state index in [2.05, 4.69) is 15.5 Å². The maximum absolute atomic E-state index is 13.5. The molecule has 0 spiro atoms. The van der Waals surface area contributed by atoms with E-state index in [1.807, 2.05) is 18.0 Å². The molecule has 1 aromatic heterocycles. The Morgan fingerprint density at radius 2 is 2.05 bits per heavy atom. The molecule has 0 atom stereocenters. The molecule has 1 N–H and O–H groups in total. The second kappa shape index (κ2) is 6.30. The van der Waals surface area contributed by atoms with Crippen molar-refractivity contribution in [2.45, 2.75) is 13.5 Å². The zero-order valence-corrected chi connectivity index (χ0v) is 12.2. The standard InChI is InChI=1S/C15H17FN4O/c1-10-4-5-11(8-12(10)16)9-20(3)14-7-6-13(18-19-14)15(21)17-2/h4-8H,9H2,1-3H3,(H,17,21).